The van der Waals surface area contributed by atoms with Crippen LogP contribution in [0.15, 0.2) is 83.8 Å². The lowest BCUT2D eigenvalue weighted by Gasteiger charge is -2.36. The summed E-state index contributed by atoms with van der Waals surface area (Å²) in [5.41, 5.74) is 2.19. The summed E-state index contributed by atoms with van der Waals surface area (Å²) in [6.07, 6.45) is -0.972. The van der Waals surface area contributed by atoms with Gasteiger partial charge in [-0.25, -0.2) is 8.42 Å². The van der Waals surface area contributed by atoms with E-state index in [4.69, 9.17) is 4.74 Å². The fourth-order valence-electron chi connectivity index (χ4n) is 3.70. The SMILES string of the molecule is CC(C)(C)c1ccc2c(c1)N(S(=O)(=O)c1ccccc1)C[C@H](C(=O)NCc1ccccc1)O2. The molecule has 1 atom stereocenters. The van der Waals surface area contributed by atoms with Crippen molar-refractivity contribution in [3.05, 3.63) is 90.0 Å². The average Bonchev–Trinajstić information content (AvgIpc) is 2.82. The van der Waals surface area contributed by atoms with Crippen LogP contribution in [0.5, 0.6) is 5.75 Å². The van der Waals surface area contributed by atoms with E-state index in [2.05, 4.69) is 26.1 Å². The van der Waals surface area contributed by atoms with E-state index < -0.39 is 16.1 Å². The summed E-state index contributed by atoms with van der Waals surface area (Å²) in [7, 11) is -3.90. The lowest BCUT2D eigenvalue weighted by atomic mass is 9.86. The molecule has 0 unspecified atom stereocenters. The Bertz CT molecular complexity index is 1240. The minimum absolute atomic E-state index is 0.113. The first-order valence-corrected chi connectivity index (χ1v) is 12.3. The zero-order valence-corrected chi connectivity index (χ0v) is 19.8. The molecule has 0 spiro atoms. The number of carbonyl (C=O) groups excluding carboxylic acids is 1. The second-order valence-corrected chi connectivity index (χ2v) is 11.0. The number of fused-ring (bicyclic) bond motifs is 1. The Balaban J connectivity index is 1.68. The first-order chi connectivity index (χ1) is 15.7. The van der Waals surface area contributed by atoms with Crippen LogP contribution in [0.4, 0.5) is 5.69 Å². The first-order valence-electron chi connectivity index (χ1n) is 10.9. The smallest absolute Gasteiger partial charge is 0.264 e. The van der Waals surface area contributed by atoms with Crippen molar-refractivity contribution in [1.82, 2.24) is 5.32 Å². The van der Waals surface area contributed by atoms with Gasteiger partial charge in [-0.15, -0.1) is 0 Å². The molecule has 3 aromatic carbocycles. The van der Waals surface area contributed by atoms with Crippen LogP contribution in [0, 0.1) is 0 Å². The number of amides is 1. The van der Waals surface area contributed by atoms with E-state index in [0.29, 0.717) is 18.0 Å². The molecule has 0 bridgehead atoms. The highest BCUT2D eigenvalue weighted by Crippen LogP contribution is 2.40. The number of sulfonamides is 1. The molecule has 0 saturated heterocycles. The minimum atomic E-state index is -3.90. The highest BCUT2D eigenvalue weighted by atomic mass is 32.2. The van der Waals surface area contributed by atoms with Crippen LogP contribution in [0.3, 0.4) is 0 Å². The van der Waals surface area contributed by atoms with Gasteiger partial charge in [-0.3, -0.25) is 9.10 Å². The number of hydrogen-bond acceptors (Lipinski definition) is 4. The van der Waals surface area contributed by atoms with E-state index in [9.17, 15) is 13.2 Å². The number of ether oxygens (including phenoxy) is 1. The average molecular weight is 465 g/mol. The van der Waals surface area contributed by atoms with Gasteiger partial charge in [0.05, 0.1) is 17.1 Å². The molecule has 33 heavy (non-hydrogen) atoms. The number of anilines is 1. The van der Waals surface area contributed by atoms with Gasteiger partial charge in [-0.2, -0.15) is 0 Å². The highest BCUT2D eigenvalue weighted by Gasteiger charge is 2.38. The van der Waals surface area contributed by atoms with Crippen molar-refractivity contribution in [2.24, 2.45) is 0 Å². The van der Waals surface area contributed by atoms with Crippen LogP contribution in [-0.4, -0.2) is 27.0 Å². The topological polar surface area (TPSA) is 75.7 Å². The van der Waals surface area contributed by atoms with Crippen molar-refractivity contribution in [2.45, 2.75) is 43.7 Å². The molecule has 0 saturated carbocycles. The van der Waals surface area contributed by atoms with Crippen molar-refractivity contribution in [3.8, 4) is 5.75 Å². The Kier molecular flexibility index (Phi) is 6.17. The maximum atomic E-state index is 13.6. The van der Waals surface area contributed by atoms with Crippen LogP contribution in [-0.2, 0) is 26.8 Å². The number of carbonyl (C=O) groups is 1. The van der Waals surface area contributed by atoms with Crippen LogP contribution in [0.1, 0.15) is 31.9 Å². The Labute approximate surface area is 195 Å². The predicted octanol–water partition coefficient (Wildman–Crippen LogP) is 4.26. The number of nitrogens with one attached hydrogen (secondary N) is 1. The number of nitrogens with zero attached hydrogens (tertiary/aromatic N) is 1. The predicted molar refractivity (Wildman–Crippen MR) is 129 cm³/mol. The molecule has 0 aliphatic carbocycles. The van der Waals surface area contributed by atoms with E-state index in [1.165, 1.54) is 4.31 Å². The molecule has 172 valence electrons. The normalized spacial score (nSPS) is 16.0. The molecule has 0 aromatic heterocycles. The number of benzene rings is 3. The van der Waals surface area contributed by atoms with Gasteiger partial charge in [0, 0.05) is 6.54 Å². The largest absolute Gasteiger partial charge is 0.476 e. The molecule has 4 rings (SSSR count). The fourth-order valence-corrected chi connectivity index (χ4v) is 5.19. The van der Waals surface area contributed by atoms with Gasteiger partial charge in [0.2, 0.25) is 0 Å². The van der Waals surface area contributed by atoms with E-state index in [1.54, 1.807) is 36.4 Å². The lowest BCUT2D eigenvalue weighted by molar-refractivity contribution is -0.127. The third-order valence-electron chi connectivity index (χ3n) is 5.63. The summed E-state index contributed by atoms with van der Waals surface area (Å²) in [6, 6.07) is 23.3. The molecule has 1 aliphatic rings. The fraction of sp³-hybridized carbons (Fsp3) is 0.269. The van der Waals surface area contributed by atoms with Crippen molar-refractivity contribution < 1.29 is 17.9 Å². The Morgan fingerprint density at radius 2 is 1.64 bits per heavy atom. The van der Waals surface area contributed by atoms with Gasteiger partial charge < -0.3 is 10.1 Å². The van der Waals surface area contributed by atoms with Gasteiger partial charge in [0.15, 0.2) is 6.10 Å². The van der Waals surface area contributed by atoms with Gasteiger partial charge in [-0.1, -0.05) is 75.4 Å². The van der Waals surface area contributed by atoms with Gasteiger partial charge >= 0.3 is 0 Å². The molecule has 6 nitrogen and oxygen atoms in total. The second-order valence-electron chi connectivity index (χ2n) is 9.09. The van der Waals surface area contributed by atoms with Crippen LogP contribution < -0.4 is 14.4 Å². The van der Waals surface area contributed by atoms with Crippen LogP contribution in [0.2, 0.25) is 0 Å². The highest BCUT2D eigenvalue weighted by molar-refractivity contribution is 7.92. The zero-order chi connectivity index (χ0) is 23.6. The molecule has 0 radical (unpaired) electrons. The maximum Gasteiger partial charge on any atom is 0.264 e. The Morgan fingerprint density at radius 1 is 1.00 bits per heavy atom. The second kappa shape index (κ2) is 8.90. The van der Waals surface area contributed by atoms with E-state index >= 15 is 0 Å². The van der Waals surface area contributed by atoms with Crippen LogP contribution >= 0.6 is 0 Å². The summed E-state index contributed by atoms with van der Waals surface area (Å²) >= 11 is 0. The molecule has 7 heteroatoms. The van der Waals surface area contributed by atoms with Gasteiger partial charge in [0.1, 0.15) is 5.75 Å². The monoisotopic (exact) mass is 464 g/mol. The molecule has 0 fully saturated rings. The van der Waals surface area contributed by atoms with Crippen LogP contribution in [0.25, 0.3) is 0 Å². The van der Waals surface area contributed by atoms with E-state index in [1.807, 2.05) is 42.5 Å². The third kappa shape index (κ3) is 4.88. The van der Waals surface area contributed by atoms with E-state index in [0.717, 1.165) is 11.1 Å². The summed E-state index contributed by atoms with van der Waals surface area (Å²) in [5, 5.41) is 2.86. The van der Waals surface area contributed by atoms with Crippen molar-refractivity contribution in [3.63, 3.8) is 0 Å². The maximum absolute atomic E-state index is 13.6. The molecular weight excluding hydrogens is 436 g/mol. The molecule has 1 heterocycles. The van der Waals surface area contributed by atoms with Crippen molar-refractivity contribution >= 4 is 21.6 Å². The van der Waals surface area contributed by atoms with E-state index in [-0.39, 0.29) is 22.8 Å². The van der Waals surface area contributed by atoms with Crippen molar-refractivity contribution in [2.75, 3.05) is 10.8 Å². The summed E-state index contributed by atoms with van der Waals surface area (Å²) in [5.74, 6) is 0.00581. The standard InChI is InChI=1S/C26H28N2O4S/c1-26(2,3)20-14-15-23-22(16-20)28(33(30,31)21-12-8-5-9-13-21)18-24(32-23)25(29)27-17-19-10-6-4-7-11-19/h4-16,24H,17-18H2,1-3H3,(H,27,29)/t24-/m1/s1. The molecular formula is C26H28N2O4S. The molecule has 3 aromatic rings. The Morgan fingerprint density at radius 3 is 2.27 bits per heavy atom. The minimum Gasteiger partial charge on any atom is -0.476 e. The zero-order valence-electron chi connectivity index (χ0n) is 19.0. The molecule has 1 amide bonds. The van der Waals surface area contributed by atoms with Crippen molar-refractivity contribution in [1.29, 1.82) is 0 Å². The first kappa shape index (κ1) is 22.9. The molecule has 1 N–H and O–H groups in total. The quantitative estimate of drug-likeness (QED) is 0.612. The summed E-state index contributed by atoms with van der Waals surface area (Å²) < 4.78 is 34.5. The van der Waals surface area contributed by atoms with Gasteiger partial charge in [0.25, 0.3) is 15.9 Å². The molecule has 1 aliphatic heterocycles. The lowest BCUT2D eigenvalue weighted by Crippen LogP contribution is -2.50. The summed E-state index contributed by atoms with van der Waals surface area (Å²) in [6.45, 7) is 6.41. The third-order valence-corrected chi connectivity index (χ3v) is 7.42. The number of rotatable bonds is 5. The Hall–Kier alpha value is -3.32. The summed E-state index contributed by atoms with van der Waals surface area (Å²) in [4.78, 5) is 13.1. The van der Waals surface area contributed by atoms with Gasteiger partial charge in [-0.05, 0) is 40.8 Å². The number of hydrogen-bond donors (Lipinski definition) is 1.